The molecule has 0 aliphatic heterocycles. The highest BCUT2D eigenvalue weighted by atomic mass is 32.2. The van der Waals surface area contributed by atoms with Gasteiger partial charge in [-0.1, -0.05) is 6.07 Å². The molecule has 0 aliphatic carbocycles. The number of hydrogen-bond donors (Lipinski definition) is 2. The van der Waals surface area contributed by atoms with Crippen LogP contribution in [0, 0.1) is 0 Å². The Balaban J connectivity index is 1.74. The Morgan fingerprint density at radius 3 is 2.30 bits per heavy atom. The van der Waals surface area contributed by atoms with E-state index in [2.05, 4.69) is 15.0 Å². The highest BCUT2D eigenvalue weighted by molar-refractivity contribution is 7.92. The number of nitrogens with one attached hydrogen (secondary N) is 2. The third-order valence-electron chi connectivity index (χ3n) is 3.99. The van der Waals surface area contributed by atoms with Crippen LogP contribution in [0.3, 0.4) is 0 Å². The lowest BCUT2D eigenvalue weighted by Gasteiger charge is -2.10. The maximum Gasteiger partial charge on any atom is 0.338 e. The quantitative estimate of drug-likeness (QED) is 0.561. The van der Waals surface area contributed by atoms with E-state index in [4.69, 9.17) is 4.74 Å². The van der Waals surface area contributed by atoms with E-state index in [1.165, 1.54) is 36.4 Å². The molecule has 30 heavy (non-hydrogen) atoms. The molecule has 1 heterocycles. The molecular formula is C21H19N3O5S. The number of esters is 1. The van der Waals surface area contributed by atoms with Gasteiger partial charge < -0.3 is 10.1 Å². The number of carbonyl (C=O) groups excluding carboxylic acids is 2. The predicted molar refractivity (Wildman–Crippen MR) is 112 cm³/mol. The Bertz CT molecular complexity index is 1150. The van der Waals surface area contributed by atoms with Gasteiger partial charge in [0.25, 0.3) is 15.9 Å². The first-order valence-electron chi connectivity index (χ1n) is 9.00. The minimum atomic E-state index is -3.91. The summed E-state index contributed by atoms with van der Waals surface area (Å²) in [7, 11) is -3.91. The fourth-order valence-electron chi connectivity index (χ4n) is 2.56. The Kier molecular flexibility index (Phi) is 6.43. The molecular weight excluding hydrogens is 406 g/mol. The van der Waals surface area contributed by atoms with Crippen LogP contribution in [0.25, 0.3) is 0 Å². The number of pyridine rings is 1. The van der Waals surface area contributed by atoms with Gasteiger partial charge >= 0.3 is 5.97 Å². The van der Waals surface area contributed by atoms with Gasteiger partial charge in [0, 0.05) is 29.3 Å². The van der Waals surface area contributed by atoms with E-state index in [0.717, 1.165) is 0 Å². The van der Waals surface area contributed by atoms with E-state index < -0.39 is 16.0 Å². The molecule has 3 rings (SSSR count). The first-order valence-corrected chi connectivity index (χ1v) is 10.5. The SMILES string of the molecule is CCOC(=O)c1ccc(S(=O)(=O)Nc2cccc(C(=O)Nc3ccncc3)c2)cc1. The van der Waals surface area contributed by atoms with Gasteiger partial charge in [0.1, 0.15) is 0 Å². The smallest absolute Gasteiger partial charge is 0.338 e. The van der Waals surface area contributed by atoms with E-state index in [1.54, 1.807) is 43.6 Å². The molecule has 2 N–H and O–H groups in total. The van der Waals surface area contributed by atoms with Crippen molar-refractivity contribution in [3.63, 3.8) is 0 Å². The van der Waals surface area contributed by atoms with Crippen LogP contribution in [0.1, 0.15) is 27.6 Å². The second-order valence-electron chi connectivity index (χ2n) is 6.12. The molecule has 0 fully saturated rings. The normalized spacial score (nSPS) is 10.8. The Hall–Kier alpha value is -3.72. The Morgan fingerprint density at radius 1 is 0.933 bits per heavy atom. The molecule has 9 heteroatoms. The van der Waals surface area contributed by atoms with Crippen LogP contribution in [-0.4, -0.2) is 31.9 Å². The number of hydrogen-bond acceptors (Lipinski definition) is 6. The lowest BCUT2D eigenvalue weighted by atomic mass is 10.2. The van der Waals surface area contributed by atoms with Crippen molar-refractivity contribution in [2.24, 2.45) is 0 Å². The molecule has 0 saturated carbocycles. The number of carbonyl (C=O) groups is 2. The monoisotopic (exact) mass is 425 g/mol. The fourth-order valence-corrected chi connectivity index (χ4v) is 3.61. The highest BCUT2D eigenvalue weighted by Crippen LogP contribution is 2.19. The summed E-state index contributed by atoms with van der Waals surface area (Å²) in [4.78, 5) is 28.0. The second-order valence-corrected chi connectivity index (χ2v) is 7.80. The molecule has 8 nitrogen and oxygen atoms in total. The lowest BCUT2D eigenvalue weighted by molar-refractivity contribution is 0.0526. The van der Waals surface area contributed by atoms with Crippen molar-refractivity contribution in [2.45, 2.75) is 11.8 Å². The predicted octanol–water partition coefficient (Wildman–Crippen LogP) is 3.31. The van der Waals surface area contributed by atoms with Crippen LogP contribution < -0.4 is 10.0 Å². The highest BCUT2D eigenvalue weighted by Gasteiger charge is 2.16. The van der Waals surface area contributed by atoms with Gasteiger partial charge in [0.2, 0.25) is 0 Å². The van der Waals surface area contributed by atoms with Gasteiger partial charge in [-0.2, -0.15) is 0 Å². The molecule has 1 aromatic heterocycles. The largest absolute Gasteiger partial charge is 0.462 e. The molecule has 0 bridgehead atoms. The Labute approximate surface area is 174 Å². The standard InChI is InChI=1S/C21H19N3O5S/c1-2-29-21(26)15-6-8-19(9-7-15)30(27,28)24-18-5-3-4-16(14-18)20(25)23-17-10-12-22-13-11-17/h3-14,24H,2H2,1H3,(H,22,23,25). The summed E-state index contributed by atoms with van der Waals surface area (Å²) in [6, 6.07) is 14.8. The zero-order valence-electron chi connectivity index (χ0n) is 16.0. The molecule has 0 aliphatic rings. The number of rotatable bonds is 7. The van der Waals surface area contributed by atoms with Gasteiger partial charge in [-0.3, -0.25) is 14.5 Å². The molecule has 2 aromatic carbocycles. The van der Waals surface area contributed by atoms with E-state index >= 15 is 0 Å². The minimum Gasteiger partial charge on any atom is -0.462 e. The van der Waals surface area contributed by atoms with Gasteiger partial charge in [0.05, 0.1) is 17.1 Å². The molecule has 0 atom stereocenters. The lowest BCUT2D eigenvalue weighted by Crippen LogP contribution is -2.15. The Morgan fingerprint density at radius 2 is 1.63 bits per heavy atom. The first-order chi connectivity index (χ1) is 14.4. The molecule has 1 amide bonds. The van der Waals surface area contributed by atoms with Crippen LogP contribution in [0.4, 0.5) is 11.4 Å². The first kappa shape index (κ1) is 21.0. The number of ether oxygens (including phenoxy) is 1. The molecule has 3 aromatic rings. The maximum absolute atomic E-state index is 12.6. The van der Waals surface area contributed by atoms with Gasteiger partial charge in [-0.15, -0.1) is 0 Å². The topological polar surface area (TPSA) is 114 Å². The fraction of sp³-hybridized carbons (Fsp3) is 0.0952. The number of nitrogens with zero attached hydrogens (tertiary/aromatic N) is 1. The average molecular weight is 425 g/mol. The van der Waals surface area contributed by atoms with Crippen LogP contribution in [0.2, 0.25) is 0 Å². The molecule has 0 saturated heterocycles. The minimum absolute atomic E-state index is 0.0258. The number of benzene rings is 2. The van der Waals surface area contributed by atoms with Gasteiger partial charge in [-0.25, -0.2) is 13.2 Å². The van der Waals surface area contributed by atoms with Crippen LogP contribution in [-0.2, 0) is 14.8 Å². The summed E-state index contributed by atoms with van der Waals surface area (Å²) in [5.74, 6) is -0.914. The molecule has 154 valence electrons. The maximum atomic E-state index is 12.6. The summed E-state index contributed by atoms with van der Waals surface area (Å²) in [6.07, 6.45) is 3.10. The van der Waals surface area contributed by atoms with E-state index in [0.29, 0.717) is 5.69 Å². The van der Waals surface area contributed by atoms with Crippen LogP contribution in [0.15, 0.2) is 78.0 Å². The van der Waals surface area contributed by atoms with Crippen molar-refractivity contribution < 1.29 is 22.7 Å². The second kappa shape index (κ2) is 9.19. The van der Waals surface area contributed by atoms with Crippen LogP contribution >= 0.6 is 0 Å². The van der Waals surface area contributed by atoms with E-state index in [1.807, 2.05) is 0 Å². The van der Waals surface area contributed by atoms with Gasteiger partial charge in [0.15, 0.2) is 0 Å². The summed E-state index contributed by atoms with van der Waals surface area (Å²) in [6.45, 7) is 1.91. The van der Waals surface area contributed by atoms with Crippen molar-refractivity contribution in [1.82, 2.24) is 4.98 Å². The summed E-state index contributed by atoms with van der Waals surface area (Å²) < 4.78 is 32.6. The summed E-state index contributed by atoms with van der Waals surface area (Å²) in [5, 5.41) is 2.71. The number of anilines is 2. The number of amides is 1. The zero-order chi connectivity index (χ0) is 21.6. The average Bonchev–Trinajstić information content (AvgIpc) is 2.74. The number of aromatic nitrogens is 1. The number of sulfonamides is 1. The summed E-state index contributed by atoms with van der Waals surface area (Å²) >= 11 is 0. The van der Waals surface area contributed by atoms with E-state index in [-0.39, 0.29) is 34.2 Å². The molecule has 0 unspecified atom stereocenters. The van der Waals surface area contributed by atoms with Crippen molar-refractivity contribution in [3.05, 3.63) is 84.2 Å². The van der Waals surface area contributed by atoms with Crippen LogP contribution in [0.5, 0.6) is 0 Å². The summed E-state index contributed by atoms with van der Waals surface area (Å²) in [5.41, 5.74) is 1.34. The van der Waals surface area contributed by atoms with E-state index in [9.17, 15) is 18.0 Å². The molecule has 0 spiro atoms. The third-order valence-corrected chi connectivity index (χ3v) is 5.39. The van der Waals surface area contributed by atoms with Gasteiger partial charge in [-0.05, 0) is 61.5 Å². The van der Waals surface area contributed by atoms with Crippen molar-refractivity contribution >= 4 is 33.3 Å². The van der Waals surface area contributed by atoms with Crippen molar-refractivity contribution in [3.8, 4) is 0 Å². The zero-order valence-corrected chi connectivity index (χ0v) is 16.8. The van der Waals surface area contributed by atoms with Crippen molar-refractivity contribution in [2.75, 3.05) is 16.6 Å². The third kappa shape index (κ3) is 5.21. The van der Waals surface area contributed by atoms with Crippen molar-refractivity contribution in [1.29, 1.82) is 0 Å². The molecule has 0 radical (unpaired) electrons.